The molecule has 1 N–H and O–H groups in total. The van der Waals surface area contributed by atoms with Crippen LogP contribution in [0.15, 0.2) is 48.5 Å². The van der Waals surface area contributed by atoms with Crippen molar-refractivity contribution in [2.45, 2.75) is 26.8 Å². The highest BCUT2D eigenvalue weighted by Gasteiger charge is 2.39. The molecule has 1 saturated carbocycles. The summed E-state index contributed by atoms with van der Waals surface area (Å²) >= 11 is 0. The Hall–Kier alpha value is -2.66. The van der Waals surface area contributed by atoms with Gasteiger partial charge in [0.1, 0.15) is 0 Å². The van der Waals surface area contributed by atoms with Crippen LogP contribution in [0, 0.1) is 18.8 Å². The molecule has 2 atom stereocenters. The molecule has 1 saturated heterocycles. The minimum absolute atomic E-state index is 0.0384. The first-order valence-corrected chi connectivity index (χ1v) is 10.5. The molecular weight excluding hydrogens is 362 g/mol. The molecule has 2 aromatic carbocycles. The average molecular weight is 392 g/mol. The van der Waals surface area contributed by atoms with E-state index in [1.165, 1.54) is 11.1 Å². The van der Waals surface area contributed by atoms with E-state index in [4.69, 9.17) is 0 Å². The highest BCUT2D eigenvalue weighted by Crippen LogP contribution is 2.38. The van der Waals surface area contributed by atoms with Crippen LogP contribution in [0.25, 0.3) is 0 Å². The van der Waals surface area contributed by atoms with Gasteiger partial charge in [0.2, 0.25) is 5.91 Å². The Morgan fingerprint density at radius 2 is 1.76 bits per heavy atom. The predicted octanol–water partition coefficient (Wildman–Crippen LogP) is 3.55. The van der Waals surface area contributed by atoms with E-state index in [0.717, 1.165) is 39.1 Å². The van der Waals surface area contributed by atoms with Crippen molar-refractivity contribution in [3.05, 3.63) is 65.2 Å². The van der Waals surface area contributed by atoms with E-state index >= 15 is 0 Å². The maximum Gasteiger partial charge on any atom is 0.254 e. The lowest BCUT2D eigenvalue weighted by atomic mass is 10.1. The molecule has 0 aromatic heterocycles. The average Bonchev–Trinajstić information content (AvgIpc) is 3.47. The maximum atomic E-state index is 12.9. The smallest absolute Gasteiger partial charge is 0.254 e. The summed E-state index contributed by atoms with van der Waals surface area (Å²) in [5.74, 6) is 0.690. The van der Waals surface area contributed by atoms with Crippen molar-refractivity contribution in [3.63, 3.8) is 0 Å². The van der Waals surface area contributed by atoms with E-state index in [0.29, 0.717) is 17.2 Å². The molecule has 1 aliphatic carbocycles. The SMILES string of the molecule is Cc1ccccc1CN1CCN(C(=O)c2cccc(NC(=O)C3CC3C)c2)CC1. The fraction of sp³-hybridized carbons (Fsp3) is 0.417. The number of amides is 2. The van der Waals surface area contributed by atoms with E-state index in [1.807, 2.05) is 23.1 Å². The van der Waals surface area contributed by atoms with Gasteiger partial charge in [-0.05, 0) is 48.6 Å². The molecule has 2 amide bonds. The van der Waals surface area contributed by atoms with Gasteiger partial charge in [-0.3, -0.25) is 14.5 Å². The van der Waals surface area contributed by atoms with Gasteiger partial charge in [-0.15, -0.1) is 0 Å². The van der Waals surface area contributed by atoms with Crippen LogP contribution >= 0.6 is 0 Å². The molecule has 2 fully saturated rings. The number of benzene rings is 2. The fourth-order valence-corrected chi connectivity index (χ4v) is 3.97. The molecular formula is C24H29N3O2. The number of carbonyl (C=O) groups is 2. The predicted molar refractivity (Wildman–Crippen MR) is 115 cm³/mol. The summed E-state index contributed by atoms with van der Waals surface area (Å²) in [6.07, 6.45) is 0.956. The number of rotatable bonds is 5. The summed E-state index contributed by atoms with van der Waals surface area (Å²) < 4.78 is 0. The van der Waals surface area contributed by atoms with Crippen molar-refractivity contribution in [1.82, 2.24) is 9.80 Å². The third-order valence-electron chi connectivity index (χ3n) is 6.14. The van der Waals surface area contributed by atoms with Crippen molar-refractivity contribution in [2.24, 2.45) is 11.8 Å². The fourth-order valence-electron chi connectivity index (χ4n) is 3.97. The first-order valence-electron chi connectivity index (χ1n) is 10.5. The molecule has 2 unspecified atom stereocenters. The molecule has 0 spiro atoms. The monoisotopic (exact) mass is 391 g/mol. The Morgan fingerprint density at radius 1 is 1.03 bits per heavy atom. The van der Waals surface area contributed by atoms with Crippen LogP contribution in [-0.2, 0) is 11.3 Å². The Kier molecular flexibility index (Phi) is 5.67. The molecule has 29 heavy (non-hydrogen) atoms. The van der Waals surface area contributed by atoms with Gasteiger partial charge in [0.05, 0.1) is 0 Å². The van der Waals surface area contributed by atoms with Crippen LogP contribution in [0.2, 0.25) is 0 Å². The zero-order chi connectivity index (χ0) is 20.4. The van der Waals surface area contributed by atoms with Gasteiger partial charge in [-0.25, -0.2) is 0 Å². The number of aryl methyl sites for hydroxylation is 1. The summed E-state index contributed by atoms with van der Waals surface area (Å²) in [4.78, 5) is 29.4. The van der Waals surface area contributed by atoms with Gasteiger partial charge in [-0.2, -0.15) is 0 Å². The minimum atomic E-state index is 0.0384. The highest BCUT2D eigenvalue weighted by molar-refractivity contribution is 5.98. The van der Waals surface area contributed by atoms with E-state index in [1.54, 1.807) is 6.07 Å². The van der Waals surface area contributed by atoms with Crippen LogP contribution in [0.4, 0.5) is 5.69 Å². The number of piperazine rings is 1. The summed E-state index contributed by atoms with van der Waals surface area (Å²) in [5.41, 5.74) is 4.00. The van der Waals surface area contributed by atoms with Crippen molar-refractivity contribution >= 4 is 17.5 Å². The molecule has 0 radical (unpaired) electrons. The molecule has 152 valence electrons. The number of anilines is 1. The number of nitrogens with one attached hydrogen (secondary N) is 1. The van der Waals surface area contributed by atoms with E-state index in [-0.39, 0.29) is 17.7 Å². The number of hydrogen-bond donors (Lipinski definition) is 1. The lowest BCUT2D eigenvalue weighted by molar-refractivity contribution is -0.117. The lowest BCUT2D eigenvalue weighted by Gasteiger charge is -2.35. The first kappa shape index (κ1) is 19.6. The van der Waals surface area contributed by atoms with Crippen molar-refractivity contribution in [2.75, 3.05) is 31.5 Å². The second kappa shape index (κ2) is 8.37. The van der Waals surface area contributed by atoms with Crippen molar-refractivity contribution in [1.29, 1.82) is 0 Å². The molecule has 1 heterocycles. The molecule has 2 aromatic rings. The van der Waals surface area contributed by atoms with Crippen LogP contribution < -0.4 is 5.32 Å². The standard InChI is InChI=1S/C24H29N3O2/c1-17-6-3-4-7-20(17)16-26-10-12-27(13-11-26)24(29)19-8-5-9-21(15-19)25-23(28)22-14-18(22)2/h3-9,15,18,22H,10-14,16H2,1-2H3,(H,25,28). The quantitative estimate of drug-likeness (QED) is 0.848. The minimum Gasteiger partial charge on any atom is -0.336 e. The second-order valence-corrected chi connectivity index (χ2v) is 8.38. The van der Waals surface area contributed by atoms with Crippen LogP contribution in [0.3, 0.4) is 0 Å². The number of carbonyl (C=O) groups excluding carboxylic acids is 2. The van der Waals surface area contributed by atoms with Gasteiger partial charge in [-0.1, -0.05) is 37.3 Å². The summed E-state index contributed by atoms with van der Waals surface area (Å²) in [6, 6.07) is 15.8. The van der Waals surface area contributed by atoms with Gasteiger partial charge in [0.25, 0.3) is 5.91 Å². The number of hydrogen-bond acceptors (Lipinski definition) is 3. The van der Waals surface area contributed by atoms with Crippen molar-refractivity contribution in [3.8, 4) is 0 Å². The van der Waals surface area contributed by atoms with Crippen molar-refractivity contribution < 1.29 is 9.59 Å². The summed E-state index contributed by atoms with van der Waals surface area (Å²) in [5, 5.41) is 2.95. The van der Waals surface area contributed by atoms with Gasteiger partial charge < -0.3 is 10.2 Å². The summed E-state index contributed by atoms with van der Waals surface area (Å²) in [6.45, 7) is 8.34. The van der Waals surface area contributed by atoms with Crippen LogP contribution in [-0.4, -0.2) is 47.8 Å². The molecule has 5 heteroatoms. The van der Waals surface area contributed by atoms with E-state index in [9.17, 15) is 9.59 Å². The second-order valence-electron chi connectivity index (χ2n) is 8.38. The molecule has 5 nitrogen and oxygen atoms in total. The number of nitrogens with zero attached hydrogens (tertiary/aromatic N) is 2. The van der Waals surface area contributed by atoms with Gasteiger partial charge >= 0.3 is 0 Å². The topological polar surface area (TPSA) is 52.6 Å². The summed E-state index contributed by atoms with van der Waals surface area (Å²) in [7, 11) is 0. The third kappa shape index (κ3) is 4.67. The normalized spacial score (nSPS) is 21.7. The van der Waals surface area contributed by atoms with E-state index in [2.05, 4.69) is 48.3 Å². The largest absolute Gasteiger partial charge is 0.336 e. The third-order valence-corrected chi connectivity index (χ3v) is 6.14. The Morgan fingerprint density at radius 3 is 2.45 bits per heavy atom. The first-order chi connectivity index (χ1) is 14.0. The van der Waals surface area contributed by atoms with E-state index < -0.39 is 0 Å². The molecule has 4 rings (SSSR count). The Labute approximate surface area is 172 Å². The Balaban J connectivity index is 1.33. The van der Waals surface area contributed by atoms with Crippen LogP contribution in [0.5, 0.6) is 0 Å². The lowest BCUT2D eigenvalue weighted by Crippen LogP contribution is -2.48. The zero-order valence-electron chi connectivity index (χ0n) is 17.2. The zero-order valence-corrected chi connectivity index (χ0v) is 17.2. The van der Waals surface area contributed by atoms with Gasteiger partial charge in [0.15, 0.2) is 0 Å². The molecule has 0 bridgehead atoms. The van der Waals surface area contributed by atoms with Gasteiger partial charge in [0, 0.05) is 49.9 Å². The highest BCUT2D eigenvalue weighted by atomic mass is 16.2. The molecule has 2 aliphatic rings. The van der Waals surface area contributed by atoms with Crippen LogP contribution in [0.1, 0.15) is 34.8 Å². The molecule has 1 aliphatic heterocycles. The Bertz CT molecular complexity index is 903. The maximum absolute atomic E-state index is 12.9.